The van der Waals surface area contributed by atoms with Gasteiger partial charge in [0.25, 0.3) is 6.47 Å². The quantitative estimate of drug-likeness (QED) is 0.453. The van der Waals surface area contributed by atoms with Crippen LogP contribution in [-0.4, -0.2) is 78.1 Å². The molecule has 1 N–H and O–H groups in total. The van der Waals surface area contributed by atoms with Gasteiger partial charge in [0.15, 0.2) is 0 Å². The lowest BCUT2D eigenvalue weighted by Crippen LogP contribution is -2.57. The lowest BCUT2D eigenvalue weighted by atomic mass is 9.99. The minimum absolute atomic E-state index is 0.0158. The van der Waals surface area contributed by atoms with Gasteiger partial charge in [0.2, 0.25) is 17.7 Å². The highest BCUT2D eigenvalue weighted by molar-refractivity contribution is 5.93. The third kappa shape index (κ3) is 5.27. The summed E-state index contributed by atoms with van der Waals surface area (Å²) in [6.07, 6.45) is 4.10. The van der Waals surface area contributed by atoms with Crippen LogP contribution in [0.15, 0.2) is 0 Å². The Balaban J connectivity index is 2.05. The molecular weight excluding hydrogens is 354 g/mol. The van der Waals surface area contributed by atoms with Crippen molar-refractivity contribution in [3.63, 3.8) is 0 Å². The third-order valence-electron chi connectivity index (χ3n) is 5.02. The van der Waals surface area contributed by atoms with Gasteiger partial charge >= 0.3 is 0 Å². The van der Waals surface area contributed by atoms with Crippen molar-refractivity contribution in [2.24, 2.45) is 0 Å². The van der Waals surface area contributed by atoms with E-state index in [2.05, 4.69) is 10.1 Å². The highest BCUT2D eigenvalue weighted by atomic mass is 16.5. The van der Waals surface area contributed by atoms with E-state index in [1.165, 1.54) is 4.90 Å². The van der Waals surface area contributed by atoms with E-state index in [1.807, 2.05) is 0 Å². The molecule has 0 aliphatic carbocycles. The molecule has 0 spiro atoms. The maximum atomic E-state index is 13.1. The fourth-order valence-electron chi connectivity index (χ4n) is 3.67. The Labute approximate surface area is 158 Å². The van der Waals surface area contributed by atoms with Gasteiger partial charge in [-0.1, -0.05) is 0 Å². The van der Waals surface area contributed by atoms with E-state index in [1.54, 1.807) is 11.8 Å². The summed E-state index contributed by atoms with van der Waals surface area (Å²) in [5.41, 5.74) is 0. The fourth-order valence-corrected chi connectivity index (χ4v) is 3.67. The van der Waals surface area contributed by atoms with Gasteiger partial charge in [0, 0.05) is 13.1 Å². The molecule has 2 rings (SSSR count). The lowest BCUT2D eigenvalue weighted by molar-refractivity contribution is -0.150. The van der Waals surface area contributed by atoms with Crippen molar-refractivity contribution < 1.29 is 28.7 Å². The van der Waals surface area contributed by atoms with Gasteiger partial charge in [-0.15, -0.1) is 0 Å². The van der Waals surface area contributed by atoms with Gasteiger partial charge in [0.05, 0.1) is 19.1 Å². The molecule has 0 bridgehead atoms. The van der Waals surface area contributed by atoms with Crippen LogP contribution < -0.4 is 5.32 Å². The molecular formula is C18H27N3O6. The van der Waals surface area contributed by atoms with Crippen molar-refractivity contribution in [2.75, 3.05) is 19.7 Å². The number of nitrogens with one attached hydrogen (secondary N) is 1. The molecule has 2 saturated heterocycles. The molecule has 9 heteroatoms. The lowest BCUT2D eigenvalue weighted by Gasteiger charge is -2.38. The summed E-state index contributed by atoms with van der Waals surface area (Å²) in [5, 5.41) is 2.61. The Morgan fingerprint density at radius 3 is 2.48 bits per heavy atom. The van der Waals surface area contributed by atoms with Crippen LogP contribution in [0, 0.1) is 0 Å². The van der Waals surface area contributed by atoms with Crippen LogP contribution in [-0.2, 0) is 28.7 Å². The van der Waals surface area contributed by atoms with E-state index < -0.39 is 18.1 Å². The first-order valence-corrected chi connectivity index (χ1v) is 9.40. The molecule has 3 atom stereocenters. The molecule has 2 aliphatic rings. The normalized spacial score (nSPS) is 23.4. The van der Waals surface area contributed by atoms with E-state index in [0.29, 0.717) is 38.6 Å². The summed E-state index contributed by atoms with van der Waals surface area (Å²) in [6.45, 7) is 2.79. The number of hydrogen-bond acceptors (Lipinski definition) is 6. The maximum absolute atomic E-state index is 13.1. The Kier molecular flexibility index (Phi) is 7.75. The Morgan fingerprint density at radius 2 is 1.78 bits per heavy atom. The standard InChI is InChI=1S/C18H27N3O6/c1-13(11-22)19-17(25)14-5-2-3-8-21(14)18(26)15-6-4-9-20(15)16(24)7-10-27-12-23/h11-15H,2-10H2,1H3,(H,19,25). The van der Waals surface area contributed by atoms with Gasteiger partial charge in [-0.2, -0.15) is 0 Å². The van der Waals surface area contributed by atoms with Crippen LogP contribution >= 0.6 is 0 Å². The van der Waals surface area contributed by atoms with Crippen molar-refractivity contribution in [3.8, 4) is 0 Å². The van der Waals surface area contributed by atoms with Crippen LogP contribution in [0.2, 0.25) is 0 Å². The van der Waals surface area contributed by atoms with Gasteiger partial charge < -0.3 is 24.6 Å². The first kappa shape index (κ1) is 20.9. The molecule has 2 fully saturated rings. The van der Waals surface area contributed by atoms with Crippen LogP contribution in [0.25, 0.3) is 0 Å². The summed E-state index contributed by atoms with van der Waals surface area (Å²) < 4.78 is 4.57. The van der Waals surface area contributed by atoms with Crippen LogP contribution in [0.5, 0.6) is 0 Å². The molecule has 150 valence electrons. The number of nitrogens with zero attached hydrogens (tertiary/aromatic N) is 2. The predicted molar refractivity (Wildman–Crippen MR) is 94.4 cm³/mol. The minimum Gasteiger partial charge on any atom is -0.467 e. The largest absolute Gasteiger partial charge is 0.467 e. The summed E-state index contributed by atoms with van der Waals surface area (Å²) in [5.74, 6) is -0.797. The summed E-state index contributed by atoms with van der Waals surface area (Å²) in [7, 11) is 0. The van der Waals surface area contributed by atoms with Crippen LogP contribution in [0.4, 0.5) is 0 Å². The molecule has 2 heterocycles. The van der Waals surface area contributed by atoms with Crippen molar-refractivity contribution in [2.45, 2.75) is 63.6 Å². The zero-order chi connectivity index (χ0) is 19.8. The second-order valence-electron chi connectivity index (χ2n) is 6.94. The van der Waals surface area contributed by atoms with Crippen molar-refractivity contribution in [1.82, 2.24) is 15.1 Å². The Hall–Kier alpha value is -2.45. The number of ether oxygens (including phenoxy) is 1. The van der Waals surface area contributed by atoms with Gasteiger partial charge in [-0.3, -0.25) is 19.2 Å². The monoisotopic (exact) mass is 381 g/mol. The number of piperidine rings is 1. The highest BCUT2D eigenvalue weighted by Gasteiger charge is 2.41. The topological polar surface area (TPSA) is 113 Å². The second-order valence-corrected chi connectivity index (χ2v) is 6.94. The fraction of sp³-hybridized carbons (Fsp3) is 0.722. The van der Waals surface area contributed by atoms with Crippen molar-refractivity contribution in [3.05, 3.63) is 0 Å². The molecule has 27 heavy (non-hydrogen) atoms. The van der Waals surface area contributed by atoms with Crippen molar-refractivity contribution >= 4 is 30.5 Å². The number of hydrogen-bond donors (Lipinski definition) is 1. The van der Waals surface area contributed by atoms with Crippen LogP contribution in [0.1, 0.15) is 45.4 Å². The smallest absolute Gasteiger partial charge is 0.293 e. The van der Waals surface area contributed by atoms with E-state index in [4.69, 9.17) is 0 Å². The molecule has 3 unspecified atom stereocenters. The average Bonchev–Trinajstić information content (AvgIpc) is 3.17. The molecule has 0 radical (unpaired) electrons. The molecule has 3 amide bonds. The number of rotatable bonds is 8. The number of carbonyl (C=O) groups is 5. The van der Waals surface area contributed by atoms with Crippen molar-refractivity contribution in [1.29, 1.82) is 0 Å². The summed E-state index contributed by atoms with van der Waals surface area (Å²) in [4.78, 5) is 62.1. The zero-order valence-corrected chi connectivity index (χ0v) is 15.6. The Morgan fingerprint density at radius 1 is 1.07 bits per heavy atom. The van der Waals surface area contributed by atoms with Gasteiger partial charge in [-0.05, 0) is 39.0 Å². The molecule has 0 aromatic carbocycles. The van der Waals surface area contributed by atoms with Gasteiger partial charge in [0.1, 0.15) is 18.4 Å². The van der Waals surface area contributed by atoms with E-state index >= 15 is 0 Å². The summed E-state index contributed by atoms with van der Waals surface area (Å²) >= 11 is 0. The van der Waals surface area contributed by atoms with Crippen LogP contribution in [0.3, 0.4) is 0 Å². The number of amides is 3. The maximum Gasteiger partial charge on any atom is 0.293 e. The summed E-state index contributed by atoms with van der Waals surface area (Å²) in [6, 6.07) is -1.83. The second kappa shape index (κ2) is 10.0. The van der Waals surface area contributed by atoms with E-state index in [0.717, 1.165) is 12.8 Å². The van der Waals surface area contributed by atoms with E-state index in [9.17, 15) is 24.0 Å². The number of likely N-dealkylation sites (tertiary alicyclic amines) is 2. The molecule has 0 saturated carbocycles. The zero-order valence-electron chi connectivity index (χ0n) is 15.6. The minimum atomic E-state index is -0.621. The third-order valence-corrected chi connectivity index (χ3v) is 5.02. The van der Waals surface area contributed by atoms with Gasteiger partial charge in [-0.25, -0.2) is 0 Å². The van der Waals surface area contributed by atoms with E-state index in [-0.39, 0.29) is 37.2 Å². The predicted octanol–water partition coefficient (Wildman–Crippen LogP) is -0.375. The first-order chi connectivity index (χ1) is 13.0. The first-order valence-electron chi connectivity index (χ1n) is 9.40. The Bertz CT molecular complexity index is 581. The molecule has 2 aliphatic heterocycles. The average molecular weight is 381 g/mol. The highest BCUT2D eigenvalue weighted by Crippen LogP contribution is 2.25. The number of aldehydes is 1. The SMILES string of the molecule is CC(C=O)NC(=O)C1CCCCN1C(=O)C1CCCN1C(=O)CCOC=O. The molecule has 9 nitrogen and oxygen atoms in total. The molecule has 0 aromatic rings. The molecule has 0 aromatic heterocycles. The number of carbonyl (C=O) groups excluding carboxylic acids is 5.